The maximum atomic E-state index is 13.8. The Bertz CT molecular complexity index is 1460. The van der Waals surface area contributed by atoms with Crippen LogP contribution in [0.5, 0.6) is 0 Å². The Morgan fingerprint density at radius 1 is 1.00 bits per heavy atom. The fraction of sp³-hybridized carbons (Fsp3) is 0.543. The number of likely N-dealkylation sites (tertiary alicyclic amines) is 1. The normalized spacial score (nSPS) is 28.0. The number of halogens is 1. The number of para-hydroxylation sites is 1. The van der Waals surface area contributed by atoms with E-state index in [4.69, 9.17) is 25.5 Å². The number of fused-ring (bicyclic) bond motifs is 1. The van der Waals surface area contributed by atoms with Crippen LogP contribution in [-0.4, -0.2) is 78.3 Å². The summed E-state index contributed by atoms with van der Waals surface area (Å²) in [7, 11) is 0. The number of carbonyl (C=O) groups excluding carboxylic acids is 2. The first-order chi connectivity index (χ1) is 21.2. The van der Waals surface area contributed by atoms with E-state index in [1.54, 1.807) is 12.1 Å². The van der Waals surface area contributed by atoms with Crippen molar-refractivity contribution in [3.63, 3.8) is 0 Å². The molecule has 8 nitrogen and oxygen atoms in total. The number of benzene rings is 2. The summed E-state index contributed by atoms with van der Waals surface area (Å²) in [4.78, 5) is 31.4. The molecule has 44 heavy (non-hydrogen) atoms. The third-order valence-corrected chi connectivity index (χ3v) is 9.84. The van der Waals surface area contributed by atoms with Gasteiger partial charge in [0.2, 0.25) is 5.91 Å². The van der Waals surface area contributed by atoms with Gasteiger partial charge < -0.3 is 24.1 Å². The van der Waals surface area contributed by atoms with E-state index >= 15 is 0 Å². The van der Waals surface area contributed by atoms with Crippen molar-refractivity contribution < 1.29 is 23.5 Å². The summed E-state index contributed by atoms with van der Waals surface area (Å²) in [6.45, 7) is 9.58. The molecule has 236 valence electrons. The molecule has 3 aliphatic rings. The van der Waals surface area contributed by atoms with Gasteiger partial charge in [-0.2, -0.15) is 0 Å². The van der Waals surface area contributed by atoms with E-state index in [1.165, 1.54) is 19.1 Å². The summed E-state index contributed by atoms with van der Waals surface area (Å²) in [6, 6.07) is 13.1. The third kappa shape index (κ3) is 7.15. The molecule has 2 aromatic carbocycles. The minimum absolute atomic E-state index is 0.0409. The Morgan fingerprint density at radius 2 is 1.75 bits per heavy atom. The van der Waals surface area contributed by atoms with Crippen molar-refractivity contribution in [2.45, 2.75) is 89.7 Å². The molecule has 9 heteroatoms. The molecular formula is C35H44ClN3O5. The molecule has 0 bridgehead atoms. The Morgan fingerprint density at radius 3 is 2.50 bits per heavy atom. The van der Waals surface area contributed by atoms with E-state index in [9.17, 15) is 9.59 Å². The lowest BCUT2D eigenvalue weighted by Crippen LogP contribution is -2.51. The number of nitrogens with zero attached hydrogens (tertiary/aromatic N) is 2. The second kappa shape index (κ2) is 13.6. The average Bonchev–Trinajstić information content (AvgIpc) is 3.63. The topological polar surface area (TPSA) is 84.3 Å². The van der Waals surface area contributed by atoms with E-state index in [0.717, 1.165) is 49.2 Å². The summed E-state index contributed by atoms with van der Waals surface area (Å²) < 4.78 is 18.0. The fourth-order valence-corrected chi connectivity index (χ4v) is 7.42. The molecule has 0 spiro atoms. The van der Waals surface area contributed by atoms with Crippen molar-refractivity contribution in [1.82, 2.24) is 9.80 Å². The first-order valence-corrected chi connectivity index (χ1v) is 16.5. The lowest BCUT2D eigenvalue weighted by Gasteiger charge is -2.38. The number of ether oxygens (including phenoxy) is 2. The first-order valence-electron chi connectivity index (χ1n) is 16.1. The predicted octanol–water partition coefficient (Wildman–Crippen LogP) is 6.56. The molecule has 2 aliphatic heterocycles. The maximum absolute atomic E-state index is 13.8. The van der Waals surface area contributed by atoms with E-state index in [1.807, 2.05) is 35.2 Å². The largest absolute Gasteiger partial charge is 0.463 e. The molecule has 2 saturated heterocycles. The number of anilines is 1. The van der Waals surface area contributed by atoms with Crippen LogP contribution in [0, 0.1) is 5.92 Å². The van der Waals surface area contributed by atoms with Gasteiger partial charge in [-0.15, -0.1) is 0 Å². The van der Waals surface area contributed by atoms with Gasteiger partial charge in [0.25, 0.3) is 5.91 Å². The maximum Gasteiger partial charge on any atom is 0.259 e. The van der Waals surface area contributed by atoms with Crippen LogP contribution in [0.4, 0.5) is 5.69 Å². The minimum atomic E-state index is -0.300. The summed E-state index contributed by atoms with van der Waals surface area (Å²) >= 11 is 6.62. The van der Waals surface area contributed by atoms with Gasteiger partial charge in [-0.05, 0) is 75.6 Å². The van der Waals surface area contributed by atoms with Gasteiger partial charge in [0.15, 0.2) is 0 Å². The zero-order valence-corrected chi connectivity index (χ0v) is 26.7. The SMILES string of the molecule is CC1CCC(OC[C@@H]2C[C@H](N3C[C@@H](C)O[C@@H](C)C3)CN2C(=O)Cc2ccc(NC(=O)c3coc4ccccc34)c(Cl)c2)CC1. The van der Waals surface area contributed by atoms with Crippen molar-refractivity contribution >= 4 is 40.1 Å². The Balaban J connectivity index is 1.12. The third-order valence-electron chi connectivity index (χ3n) is 9.53. The molecular weight excluding hydrogens is 578 g/mol. The number of morpholine rings is 1. The molecule has 4 atom stereocenters. The number of furan rings is 1. The van der Waals surface area contributed by atoms with E-state index < -0.39 is 0 Å². The van der Waals surface area contributed by atoms with Gasteiger partial charge in [-0.1, -0.05) is 42.8 Å². The highest BCUT2D eigenvalue weighted by molar-refractivity contribution is 6.34. The molecule has 3 fully saturated rings. The number of nitrogens with one attached hydrogen (secondary N) is 1. The lowest BCUT2D eigenvalue weighted by molar-refractivity contribution is -0.133. The van der Waals surface area contributed by atoms with Crippen molar-refractivity contribution in [3.05, 3.63) is 64.9 Å². The summed E-state index contributed by atoms with van der Waals surface area (Å²) in [5, 5.41) is 4.02. The molecule has 6 rings (SSSR count). The molecule has 1 N–H and O–H groups in total. The van der Waals surface area contributed by atoms with Crippen LogP contribution in [-0.2, 0) is 20.7 Å². The van der Waals surface area contributed by atoms with Gasteiger partial charge in [-0.25, -0.2) is 0 Å². The number of amides is 2. The summed E-state index contributed by atoms with van der Waals surface area (Å²) in [5.41, 5.74) is 2.39. The second-order valence-corrected chi connectivity index (χ2v) is 13.5. The highest BCUT2D eigenvalue weighted by atomic mass is 35.5. The quantitative estimate of drug-likeness (QED) is 0.307. The number of hydrogen-bond donors (Lipinski definition) is 1. The van der Waals surface area contributed by atoms with Crippen molar-refractivity contribution in [2.75, 3.05) is 31.6 Å². The summed E-state index contributed by atoms with van der Waals surface area (Å²) in [5.74, 6) is 0.544. The van der Waals surface area contributed by atoms with Crippen LogP contribution >= 0.6 is 11.6 Å². The zero-order chi connectivity index (χ0) is 30.8. The van der Waals surface area contributed by atoms with Crippen molar-refractivity contribution in [1.29, 1.82) is 0 Å². The van der Waals surface area contributed by atoms with Gasteiger partial charge in [0.1, 0.15) is 11.8 Å². The van der Waals surface area contributed by atoms with Crippen molar-refractivity contribution in [2.24, 2.45) is 5.92 Å². The van der Waals surface area contributed by atoms with Crippen LogP contribution in [0.2, 0.25) is 5.02 Å². The average molecular weight is 622 g/mol. The van der Waals surface area contributed by atoms with Crippen LogP contribution < -0.4 is 5.32 Å². The monoisotopic (exact) mass is 621 g/mol. The number of rotatable bonds is 8. The van der Waals surface area contributed by atoms with Gasteiger partial charge in [0.05, 0.1) is 53.7 Å². The summed E-state index contributed by atoms with van der Waals surface area (Å²) in [6.07, 6.45) is 7.85. The van der Waals surface area contributed by atoms with Crippen LogP contribution in [0.3, 0.4) is 0 Å². The molecule has 3 aromatic rings. The predicted molar refractivity (Wildman–Crippen MR) is 172 cm³/mol. The highest BCUT2D eigenvalue weighted by Gasteiger charge is 2.40. The van der Waals surface area contributed by atoms with E-state index in [-0.39, 0.29) is 48.6 Å². The Kier molecular flexibility index (Phi) is 9.62. The second-order valence-electron chi connectivity index (χ2n) is 13.1. The van der Waals surface area contributed by atoms with Crippen molar-refractivity contribution in [3.8, 4) is 0 Å². The lowest BCUT2D eigenvalue weighted by atomic mass is 9.89. The molecule has 1 saturated carbocycles. The molecule has 1 aromatic heterocycles. The van der Waals surface area contributed by atoms with E-state index in [2.05, 4.69) is 31.0 Å². The molecule has 3 heterocycles. The fourth-order valence-electron chi connectivity index (χ4n) is 7.17. The molecule has 0 radical (unpaired) electrons. The Hall–Kier alpha value is -2.91. The van der Waals surface area contributed by atoms with Crippen LogP contribution in [0.1, 0.15) is 68.8 Å². The molecule has 0 unspecified atom stereocenters. The standard InChI is InChI=1S/C35H44ClN3O5/c1-22-8-11-28(12-9-22)42-20-27-16-26(38-17-23(2)44-24(3)18-38)19-39(27)34(40)15-25-10-13-32(31(36)14-25)37-35(41)30-21-43-33-7-5-4-6-29(30)33/h4-7,10,13-14,21-24,26-28H,8-9,11-12,15-20H2,1-3H3,(H,37,41)/t22?,23-,24+,26-,27-,28?/m0/s1. The van der Waals surface area contributed by atoms with Gasteiger partial charge in [-0.3, -0.25) is 14.5 Å². The minimum Gasteiger partial charge on any atom is -0.463 e. The van der Waals surface area contributed by atoms with Gasteiger partial charge in [0, 0.05) is 31.1 Å². The number of hydrogen-bond acceptors (Lipinski definition) is 6. The van der Waals surface area contributed by atoms with E-state index in [0.29, 0.717) is 35.0 Å². The number of carbonyl (C=O) groups is 2. The van der Waals surface area contributed by atoms with Gasteiger partial charge >= 0.3 is 0 Å². The van der Waals surface area contributed by atoms with Crippen LogP contribution in [0.25, 0.3) is 11.0 Å². The first kappa shape index (κ1) is 31.1. The molecule has 1 aliphatic carbocycles. The zero-order valence-electron chi connectivity index (χ0n) is 26.0. The smallest absolute Gasteiger partial charge is 0.259 e. The highest BCUT2D eigenvalue weighted by Crippen LogP contribution is 2.31. The Labute approximate surface area is 265 Å². The molecule has 2 amide bonds. The van der Waals surface area contributed by atoms with Crippen LogP contribution in [0.15, 0.2) is 53.1 Å².